The van der Waals surface area contributed by atoms with Gasteiger partial charge >= 0.3 is 0 Å². The number of fused-ring (bicyclic) bond motifs is 1. The Labute approximate surface area is 75.9 Å². The first-order valence-corrected chi connectivity index (χ1v) is 4.02. The van der Waals surface area contributed by atoms with Crippen LogP contribution in [0.4, 0.5) is 0 Å². The summed E-state index contributed by atoms with van der Waals surface area (Å²) in [5.74, 6) is -0.908. The van der Waals surface area contributed by atoms with Gasteiger partial charge in [0, 0.05) is 0 Å². The highest BCUT2D eigenvalue weighted by atomic mass is 16.2. The van der Waals surface area contributed by atoms with Gasteiger partial charge in [-0.1, -0.05) is 36.4 Å². The molecule has 0 heterocycles. The summed E-state index contributed by atoms with van der Waals surface area (Å²) in [5, 5.41) is 0. The second-order valence-electron chi connectivity index (χ2n) is 2.93. The van der Waals surface area contributed by atoms with Gasteiger partial charge in [-0.15, -0.1) is 0 Å². The molecule has 0 bridgehead atoms. The lowest BCUT2D eigenvalue weighted by molar-refractivity contribution is -0.113. The minimum Gasteiger partial charge on any atom is -0.289 e. The average Bonchev–Trinajstić information content (AvgIpc) is 2.60. The van der Waals surface area contributed by atoms with Gasteiger partial charge in [0.15, 0.2) is 0 Å². The smallest absolute Gasteiger partial charge is 0.273 e. The standard InChI is InChI=1S/C11H7O2/c12-7-11(13)10-6-5-8-3-1-2-4-9(8)10/h1-6,10H. The van der Waals surface area contributed by atoms with E-state index >= 15 is 0 Å². The van der Waals surface area contributed by atoms with Crippen molar-refractivity contribution in [1.29, 1.82) is 0 Å². The fourth-order valence-electron chi connectivity index (χ4n) is 1.54. The molecule has 0 fully saturated rings. The Morgan fingerprint density at radius 3 is 2.85 bits per heavy atom. The van der Waals surface area contributed by atoms with Gasteiger partial charge in [0.1, 0.15) is 0 Å². The number of carbonyl (C=O) groups is 1. The van der Waals surface area contributed by atoms with Crippen molar-refractivity contribution in [2.45, 2.75) is 5.92 Å². The Morgan fingerprint density at radius 1 is 1.31 bits per heavy atom. The van der Waals surface area contributed by atoms with Crippen LogP contribution in [0.1, 0.15) is 17.0 Å². The average molecular weight is 171 g/mol. The molecule has 0 N–H and O–H groups in total. The number of Topliss-reactive ketones (excluding diaryl/α,β-unsaturated/α-hetero) is 1. The molecule has 1 aliphatic carbocycles. The molecular weight excluding hydrogens is 164 g/mol. The molecule has 0 spiro atoms. The summed E-state index contributed by atoms with van der Waals surface area (Å²) in [6.07, 6.45) is 5.00. The molecule has 2 nitrogen and oxygen atoms in total. The monoisotopic (exact) mass is 171 g/mol. The maximum absolute atomic E-state index is 11.1. The van der Waals surface area contributed by atoms with E-state index in [0.29, 0.717) is 0 Å². The lowest BCUT2D eigenvalue weighted by Crippen LogP contribution is -2.09. The van der Waals surface area contributed by atoms with Crippen LogP contribution in [-0.4, -0.2) is 12.1 Å². The molecule has 1 atom stereocenters. The largest absolute Gasteiger partial charge is 0.289 e. The molecular formula is C11H7O2. The fourth-order valence-corrected chi connectivity index (χ4v) is 1.54. The SMILES string of the molecule is O=[C]C(=O)C1C=Cc2ccccc21. The zero-order valence-corrected chi connectivity index (χ0v) is 6.86. The van der Waals surface area contributed by atoms with Crippen molar-refractivity contribution in [3.63, 3.8) is 0 Å². The maximum atomic E-state index is 11.1. The van der Waals surface area contributed by atoms with E-state index in [-0.39, 0.29) is 0 Å². The molecule has 13 heavy (non-hydrogen) atoms. The predicted octanol–water partition coefficient (Wildman–Crippen LogP) is 1.48. The van der Waals surface area contributed by atoms with Gasteiger partial charge in [0.05, 0.1) is 5.92 Å². The molecule has 0 aromatic heterocycles. The van der Waals surface area contributed by atoms with Crippen molar-refractivity contribution < 1.29 is 9.59 Å². The van der Waals surface area contributed by atoms with E-state index in [4.69, 9.17) is 0 Å². The summed E-state index contributed by atoms with van der Waals surface area (Å²) in [4.78, 5) is 21.3. The highest BCUT2D eigenvalue weighted by Gasteiger charge is 2.23. The third kappa shape index (κ3) is 1.20. The van der Waals surface area contributed by atoms with Crippen molar-refractivity contribution in [2.24, 2.45) is 0 Å². The van der Waals surface area contributed by atoms with Crippen molar-refractivity contribution in [3.05, 3.63) is 41.5 Å². The summed E-state index contributed by atoms with van der Waals surface area (Å²) < 4.78 is 0. The number of rotatable bonds is 2. The summed E-state index contributed by atoms with van der Waals surface area (Å²) in [6.45, 7) is 0. The molecule has 0 amide bonds. The normalized spacial score (nSPS) is 18.3. The summed E-state index contributed by atoms with van der Waals surface area (Å²) in [7, 11) is 0. The third-order valence-electron chi connectivity index (χ3n) is 2.18. The molecule has 1 aromatic rings. The van der Waals surface area contributed by atoms with Crippen LogP contribution < -0.4 is 0 Å². The van der Waals surface area contributed by atoms with Crippen molar-refractivity contribution in [3.8, 4) is 0 Å². The molecule has 2 heteroatoms. The molecule has 1 aromatic carbocycles. The third-order valence-corrected chi connectivity index (χ3v) is 2.18. The van der Waals surface area contributed by atoms with Gasteiger partial charge in [-0.3, -0.25) is 9.59 Å². The van der Waals surface area contributed by atoms with E-state index in [1.807, 2.05) is 30.3 Å². The maximum Gasteiger partial charge on any atom is 0.273 e. The summed E-state index contributed by atoms with van der Waals surface area (Å²) in [6, 6.07) is 7.54. The van der Waals surface area contributed by atoms with Gasteiger partial charge < -0.3 is 0 Å². The summed E-state index contributed by atoms with van der Waals surface area (Å²) >= 11 is 0. The van der Waals surface area contributed by atoms with Gasteiger partial charge in [-0.05, 0) is 11.1 Å². The first-order chi connectivity index (χ1) is 6.33. The van der Waals surface area contributed by atoms with Gasteiger partial charge in [-0.2, -0.15) is 0 Å². The van der Waals surface area contributed by atoms with Crippen LogP contribution >= 0.6 is 0 Å². The molecule has 63 valence electrons. The molecule has 1 radical (unpaired) electrons. The lowest BCUT2D eigenvalue weighted by Gasteiger charge is -2.03. The zero-order chi connectivity index (χ0) is 9.26. The van der Waals surface area contributed by atoms with E-state index < -0.39 is 11.7 Å². The molecule has 0 saturated carbocycles. The van der Waals surface area contributed by atoms with E-state index in [2.05, 4.69) is 0 Å². The van der Waals surface area contributed by atoms with Crippen LogP contribution in [0, 0.1) is 0 Å². The van der Waals surface area contributed by atoms with Crippen LogP contribution in [-0.2, 0) is 9.59 Å². The number of hydrogen-bond acceptors (Lipinski definition) is 2. The predicted molar refractivity (Wildman–Crippen MR) is 48.9 cm³/mol. The van der Waals surface area contributed by atoms with Crippen LogP contribution in [0.25, 0.3) is 6.08 Å². The molecule has 2 rings (SSSR count). The Balaban J connectivity index is 2.44. The number of allylic oxidation sites excluding steroid dienone is 1. The van der Waals surface area contributed by atoms with Gasteiger partial charge in [0.2, 0.25) is 5.78 Å². The Morgan fingerprint density at radius 2 is 2.08 bits per heavy atom. The van der Waals surface area contributed by atoms with E-state index in [0.717, 1.165) is 11.1 Å². The van der Waals surface area contributed by atoms with E-state index in [1.54, 1.807) is 6.08 Å². The quantitative estimate of drug-likeness (QED) is 0.631. The highest BCUT2D eigenvalue weighted by molar-refractivity contribution is 6.29. The minimum atomic E-state index is -0.499. The van der Waals surface area contributed by atoms with Crippen molar-refractivity contribution in [2.75, 3.05) is 0 Å². The second kappa shape index (κ2) is 2.98. The highest BCUT2D eigenvalue weighted by Crippen LogP contribution is 2.29. The Kier molecular flexibility index (Phi) is 1.81. The first kappa shape index (κ1) is 7.92. The van der Waals surface area contributed by atoms with E-state index in [1.165, 1.54) is 6.29 Å². The molecule has 0 saturated heterocycles. The number of benzene rings is 1. The van der Waals surface area contributed by atoms with Gasteiger partial charge in [-0.25, -0.2) is 0 Å². The topological polar surface area (TPSA) is 34.1 Å². The van der Waals surface area contributed by atoms with Crippen LogP contribution in [0.2, 0.25) is 0 Å². The Hall–Kier alpha value is -1.70. The second-order valence-corrected chi connectivity index (χ2v) is 2.93. The number of ketones is 1. The first-order valence-electron chi connectivity index (χ1n) is 4.02. The lowest BCUT2D eigenvalue weighted by atomic mass is 9.97. The number of carbonyl (C=O) groups excluding carboxylic acids is 2. The molecule has 1 aliphatic rings. The zero-order valence-electron chi connectivity index (χ0n) is 6.86. The van der Waals surface area contributed by atoms with E-state index in [9.17, 15) is 9.59 Å². The fraction of sp³-hybridized carbons (Fsp3) is 0.0909. The van der Waals surface area contributed by atoms with Crippen molar-refractivity contribution >= 4 is 18.1 Å². The number of hydrogen-bond donors (Lipinski definition) is 0. The summed E-state index contributed by atoms with van der Waals surface area (Å²) in [5.41, 5.74) is 1.91. The minimum absolute atomic E-state index is 0.409. The van der Waals surface area contributed by atoms with Crippen molar-refractivity contribution in [1.82, 2.24) is 0 Å². The molecule has 0 aliphatic heterocycles. The van der Waals surface area contributed by atoms with Crippen LogP contribution in [0.5, 0.6) is 0 Å². The molecule has 1 unspecified atom stereocenters. The van der Waals surface area contributed by atoms with Crippen LogP contribution in [0.15, 0.2) is 30.3 Å². The van der Waals surface area contributed by atoms with Gasteiger partial charge in [0.25, 0.3) is 6.29 Å². The van der Waals surface area contributed by atoms with Crippen LogP contribution in [0.3, 0.4) is 0 Å². The Bertz CT molecular complexity index is 391.